The van der Waals surface area contributed by atoms with E-state index in [0.717, 1.165) is 46.3 Å². The highest BCUT2D eigenvalue weighted by atomic mass is 35.5. The first-order chi connectivity index (χ1) is 13.7. The molecular weight excluding hydrogens is 366 g/mol. The topological polar surface area (TPSA) is 29.9 Å². The average molecular weight is 386 g/mol. The summed E-state index contributed by atoms with van der Waals surface area (Å²) in [6.07, 6.45) is 0.984. The van der Waals surface area contributed by atoms with Gasteiger partial charge in [0.2, 0.25) is 0 Å². The van der Waals surface area contributed by atoms with Gasteiger partial charge in [-0.1, -0.05) is 66.2 Å². The number of rotatable bonds is 3. The maximum absolute atomic E-state index is 6.14. The number of aromatic nitrogens is 2. The third kappa shape index (κ3) is 2.88. The maximum atomic E-state index is 6.14. The van der Waals surface area contributed by atoms with Gasteiger partial charge >= 0.3 is 0 Å². The molecule has 0 bridgehead atoms. The lowest BCUT2D eigenvalue weighted by Crippen LogP contribution is -2.05. The van der Waals surface area contributed by atoms with Gasteiger partial charge in [0.15, 0.2) is 0 Å². The van der Waals surface area contributed by atoms with E-state index in [4.69, 9.17) is 16.7 Å². The second kappa shape index (κ2) is 6.84. The number of hydrogen-bond donors (Lipinski definition) is 1. The largest absolute Gasteiger partial charge is 0.369 e. The van der Waals surface area contributed by atoms with Gasteiger partial charge in [-0.2, -0.15) is 5.10 Å². The van der Waals surface area contributed by atoms with Gasteiger partial charge < -0.3 is 5.32 Å². The number of nitrogens with one attached hydrogen (secondary N) is 1. The molecule has 1 aliphatic heterocycles. The van der Waals surface area contributed by atoms with Gasteiger partial charge in [0.1, 0.15) is 5.82 Å². The van der Waals surface area contributed by atoms with Crippen LogP contribution in [0.3, 0.4) is 0 Å². The summed E-state index contributed by atoms with van der Waals surface area (Å²) in [6.45, 7) is 3.01. The van der Waals surface area contributed by atoms with E-state index >= 15 is 0 Å². The van der Waals surface area contributed by atoms with E-state index in [1.54, 1.807) is 0 Å². The first kappa shape index (κ1) is 17.1. The molecule has 5 rings (SSSR count). The van der Waals surface area contributed by atoms with Crippen LogP contribution in [0.2, 0.25) is 5.02 Å². The molecule has 0 spiro atoms. The highest BCUT2D eigenvalue weighted by molar-refractivity contribution is 6.30. The van der Waals surface area contributed by atoms with Crippen molar-refractivity contribution in [2.75, 3.05) is 11.9 Å². The van der Waals surface area contributed by atoms with E-state index in [1.165, 1.54) is 16.7 Å². The minimum absolute atomic E-state index is 0.745. The summed E-state index contributed by atoms with van der Waals surface area (Å²) in [6, 6.07) is 25.1. The minimum atomic E-state index is 0.745. The zero-order valence-corrected chi connectivity index (χ0v) is 16.4. The Labute approximate surface area is 169 Å². The molecule has 2 heterocycles. The Hall–Kier alpha value is -3.04. The van der Waals surface area contributed by atoms with E-state index in [9.17, 15) is 0 Å². The van der Waals surface area contributed by atoms with Crippen LogP contribution in [0.25, 0.3) is 28.1 Å². The molecule has 3 aromatic carbocycles. The molecule has 1 aliphatic rings. The van der Waals surface area contributed by atoms with Gasteiger partial charge in [-0.05, 0) is 48.2 Å². The van der Waals surface area contributed by atoms with Crippen LogP contribution in [0.15, 0.2) is 72.8 Å². The van der Waals surface area contributed by atoms with Crippen molar-refractivity contribution in [3.63, 3.8) is 0 Å². The third-order valence-electron chi connectivity index (χ3n) is 5.30. The van der Waals surface area contributed by atoms with Crippen molar-refractivity contribution in [2.24, 2.45) is 0 Å². The fraction of sp³-hybridized carbons (Fsp3) is 0.125. The van der Waals surface area contributed by atoms with Crippen molar-refractivity contribution in [2.45, 2.75) is 13.3 Å². The standard InChI is InChI=1S/C24H20ClN3/c1-16-15-20(25)11-12-22(16)28-24-21(13-14-26-24)23(27-28)19-9-7-18(8-10-19)17-5-3-2-4-6-17/h2-12,15,26H,13-14H2,1H3. The van der Waals surface area contributed by atoms with Gasteiger partial charge in [0.05, 0.1) is 11.4 Å². The Balaban J connectivity index is 1.58. The molecule has 0 fully saturated rings. The Bertz CT molecular complexity index is 1140. The smallest absolute Gasteiger partial charge is 0.133 e. The summed E-state index contributed by atoms with van der Waals surface area (Å²) in [5.74, 6) is 1.09. The van der Waals surface area contributed by atoms with Crippen molar-refractivity contribution in [1.29, 1.82) is 0 Å². The number of benzene rings is 3. The lowest BCUT2D eigenvalue weighted by Gasteiger charge is -2.10. The monoisotopic (exact) mass is 385 g/mol. The Kier molecular flexibility index (Phi) is 4.18. The molecule has 0 aliphatic carbocycles. The number of aryl methyl sites for hydroxylation is 1. The average Bonchev–Trinajstić information content (AvgIpc) is 3.32. The van der Waals surface area contributed by atoms with Crippen LogP contribution in [-0.2, 0) is 6.42 Å². The van der Waals surface area contributed by atoms with Crippen molar-refractivity contribution in [3.05, 3.63) is 88.9 Å². The molecule has 0 unspecified atom stereocenters. The van der Waals surface area contributed by atoms with Crippen molar-refractivity contribution in [1.82, 2.24) is 9.78 Å². The van der Waals surface area contributed by atoms with Crippen LogP contribution < -0.4 is 5.32 Å². The molecule has 0 saturated heterocycles. The zero-order chi connectivity index (χ0) is 19.1. The number of anilines is 1. The lowest BCUT2D eigenvalue weighted by molar-refractivity contribution is 0.875. The Morgan fingerprint density at radius 3 is 2.36 bits per heavy atom. The van der Waals surface area contributed by atoms with Gasteiger partial charge in [-0.3, -0.25) is 0 Å². The molecule has 3 nitrogen and oxygen atoms in total. The van der Waals surface area contributed by atoms with Crippen LogP contribution in [0.1, 0.15) is 11.1 Å². The summed E-state index contributed by atoms with van der Waals surface area (Å²) in [5, 5.41) is 9.23. The number of halogens is 1. The van der Waals surface area contributed by atoms with Gasteiger partial charge in [0, 0.05) is 22.7 Å². The molecule has 0 radical (unpaired) electrons. The number of nitrogens with zero attached hydrogens (tertiary/aromatic N) is 2. The SMILES string of the molecule is Cc1cc(Cl)ccc1-n1nc(-c2ccc(-c3ccccc3)cc2)c2c1NCC2. The summed E-state index contributed by atoms with van der Waals surface area (Å²) >= 11 is 6.14. The Morgan fingerprint density at radius 1 is 0.893 bits per heavy atom. The van der Waals surface area contributed by atoms with Crippen molar-refractivity contribution in [3.8, 4) is 28.1 Å². The zero-order valence-electron chi connectivity index (χ0n) is 15.6. The molecule has 138 valence electrons. The normalized spacial score (nSPS) is 12.6. The highest BCUT2D eigenvalue weighted by Gasteiger charge is 2.24. The van der Waals surface area contributed by atoms with Gasteiger partial charge in [-0.15, -0.1) is 0 Å². The molecular formula is C24H20ClN3. The number of hydrogen-bond acceptors (Lipinski definition) is 2. The maximum Gasteiger partial charge on any atom is 0.133 e. The molecule has 4 aromatic rings. The summed E-state index contributed by atoms with van der Waals surface area (Å²) in [4.78, 5) is 0. The van der Waals surface area contributed by atoms with Gasteiger partial charge in [0.25, 0.3) is 0 Å². The molecule has 0 atom stereocenters. The minimum Gasteiger partial charge on any atom is -0.369 e. The molecule has 1 N–H and O–H groups in total. The van der Waals surface area contributed by atoms with E-state index in [2.05, 4.69) is 60.8 Å². The molecule has 28 heavy (non-hydrogen) atoms. The number of fused-ring (bicyclic) bond motifs is 1. The predicted octanol–water partition coefficient (Wildman–Crippen LogP) is 6.14. The Morgan fingerprint density at radius 2 is 1.61 bits per heavy atom. The summed E-state index contributed by atoms with van der Waals surface area (Å²) in [5.41, 5.74) is 8.08. The van der Waals surface area contributed by atoms with Crippen molar-refractivity contribution >= 4 is 17.4 Å². The van der Waals surface area contributed by atoms with Crippen LogP contribution in [-0.4, -0.2) is 16.3 Å². The van der Waals surface area contributed by atoms with Crippen LogP contribution in [0.5, 0.6) is 0 Å². The van der Waals surface area contributed by atoms with Crippen molar-refractivity contribution < 1.29 is 0 Å². The fourth-order valence-electron chi connectivity index (χ4n) is 3.89. The van der Waals surface area contributed by atoms with Crippen LogP contribution >= 0.6 is 11.6 Å². The van der Waals surface area contributed by atoms with E-state index < -0.39 is 0 Å². The fourth-order valence-corrected chi connectivity index (χ4v) is 4.12. The lowest BCUT2D eigenvalue weighted by atomic mass is 10.0. The quantitative estimate of drug-likeness (QED) is 0.459. The molecule has 4 heteroatoms. The molecule has 1 aromatic heterocycles. The first-order valence-electron chi connectivity index (χ1n) is 9.49. The summed E-state index contributed by atoms with van der Waals surface area (Å²) < 4.78 is 2.02. The predicted molar refractivity (Wildman–Crippen MR) is 116 cm³/mol. The second-order valence-electron chi connectivity index (χ2n) is 7.14. The van der Waals surface area contributed by atoms with Gasteiger partial charge in [-0.25, -0.2) is 4.68 Å². The molecule has 0 amide bonds. The first-order valence-corrected chi connectivity index (χ1v) is 9.86. The summed E-state index contributed by atoms with van der Waals surface area (Å²) in [7, 11) is 0. The van der Waals surface area contributed by atoms with E-state index in [0.29, 0.717) is 0 Å². The third-order valence-corrected chi connectivity index (χ3v) is 5.54. The van der Waals surface area contributed by atoms with Crippen LogP contribution in [0.4, 0.5) is 5.82 Å². The highest BCUT2D eigenvalue weighted by Crippen LogP contribution is 2.36. The van der Waals surface area contributed by atoms with Crippen LogP contribution in [0, 0.1) is 6.92 Å². The second-order valence-corrected chi connectivity index (χ2v) is 7.57. The van der Waals surface area contributed by atoms with E-state index in [1.807, 2.05) is 28.9 Å². The molecule has 0 saturated carbocycles. The van der Waals surface area contributed by atoms with E-state index in [-0.39, 0.29) is 0 Å².